The van der Waals surface area contributed by atoms with Crippen LogP contribution in [0.15, 0.2) is 24.3 Å². The molecule has 14 heavy (non-hydrogen) atoms. The molecular weight excluding hydrogens is 170 g/mol. The number of hydrogen-bond acceptors (Lipinski definition) is 1. The topological polar surface area (TPSA) is 26.0 Å². The van der Waals surface area contributed by atoms with Gasteiger partial charge in [-0.15, -0.1) is 0 Å². The Kier molecular flexibility index (Phi) is 1.72. The van der Waals surface area contributed by atoms with Crippen LogP contribution in [0.1, 0.15) is 49.1 Å². The molecule has 74 valence electrons. The molecule has 0 bridgehead atoms. The van der Waals surface area contributed by atoms with E-state index in [1.807, 2.05) is 0 Å². The summed E-state index contributed by atoms with van der Waals surface area (Å²) in [6.45, 7) is 0. The summed E-state index contributed by atoms with van der Waals surface area (Å²) in [5, 5.41) is 0. The first-order valence-electron chi connectivity index (χ1n) is 5.68. The van der Waals surface area contributed by atoms with Crippen LogP contribution in [0.2, 0.25) is 0 Å². The van der Waals surface area contributed by atoms with Crippen LogP contribution in [0.3, 0.4) is 0 Å². The summed E-state index contributed by atoms with van der Waals surface area (Å²) < 4.78 is 0. The van der Waals surface area contributed by atoms with Crippen molar-refractivity contribution in [1.82, 2.24) is 0 Å². The van der Waals surface area contributed by atoms with Crippen molar-refractivity contribution in [2.45, 2.75) is 43.6 Å². The first kappa shape index (κ1) is 8.49. The zero-order valence-electron chi connectivity index (χ0n) is 8.50. The van der Waals surface area contributed by atoms with Gasteiger partial charge >= 0.3 is 0 Å². The van der Waals surface area contributed by atoms with Gasteiger partial charge < -0.3 is 5.73 Å². The number of hydrogen-bond donors (Lipinski definition) is 1. The second kappa shape index (κ2) is 2.83. The quantitative estimate of drug-likeness (QED) is 0.757. The first-order valence-corrected chi connectivity index (χ1v) is 5.68. The van der Waals surface area contributed by atoms with Crippen molar-refractivity contribution in [2.75, 3.05) is 0 Å². The largest absolute Gasteiger partial charge is 0.321 e. The molecule has 0 spiro atoms. The molecule has 0 radical (unpaired) electrons. The van der Waals surface area contributed by atoms with Gasteiger partial charge in [0.1, 0.15) is 0 Å². The molecule has 0 atom stereocenters. The SMILES string of the molecule is NC1(c2ccccc2C2CCC2)CC1. The first-order chi connectivity index (χ1) is 6.80. The highest BCUT2D eigenvalue weighted by Gasteiger charge is 2.42. The molecular formula is C13H17N. The van der Waals surface area contributed by atoms with Gasteiger partial charge in [-0.05, 0) is 42.7 Å². The predicted molar refractivity (Wildman–Crippen MR) is 58.1 cm³/mol. The lowest BCUT2D eigenvalue weighted by Gasteiger charge is -2.29. The average molecular weight is 187 g/mol. The Morgan fingerprint density at radius 2 is 1.86 bits per heavy atom. The lowest BCUT2D eigenvalue weighted by Crippen LogP contribution is -2.23. The molecule has 1 aromatic rings. The van der Waals surface area contributed by atoms with Crippen molar-refractivity contribution in [3.05, 3.63) is 35.4 Å². The van der Waals surface area contributed by atoms with E-state index in [1.54, 1.807) is 5.56 Å². The molecule has 2 aliphatic carbocycles. The summed E-state index contributed by atoms with van der Waals surface area (Å²) in [5.74, 6) is 0.812. The van der Waals surface area contributed by atoms with Gasteiger partial charge in [0.15, 0.2) is 0 Å². The highest BCUT2D eigenvalue weighted by atomic mass is 14.8. The highest BCUT2D eigenvalue weighted by molar-refractivity contribution is 5.40. The van der Waals surface area contributed by atoms with Crippen LogP contribution in [0.5, 0.6) is 0 Å². The van der Waals surface area contributed by atoms with E-state index < -0.39 is 0 Å². The summed E-state index contributed by atoms with van der Waals surface area (Å²) in [6, 6.07) is 8.81. The van der Waals surface area contributed by atoms with Crippen molar-refractivity contribution in [1.29, 1.82) is 0 Å². The maximum atomic E-state index is 6.29. The molecule has 1 heteroatoms. The Bertz CT molecular complexity index is 348. The maximum Gasteiger partial charge on any atom is 0.0414 e. The van der Waals surface area contributed by atoms with Crippen molar-refractivity contribution < 1.29 is 0 Å². The van der Waals surface area contributed by atoms with E-state index in [1.165, 1.54) is 37.7 Å². The Balaban J connectivity index is 2.00. The van der Waals surface area contributed by atoms with E-state index in [0.717, 1.165) is 5.92 Å². The van der Waals surface area contributed by atoms with Crippen molar-refractivity contribution in [3.63, 3.8) is 0 Å². The number of benzene rings is 1. The minimum atomic E-state index is 0.0478. The number of rotatable bonds is 2. The molecule has 2 fully saturated rings. The van der Waals surface area contributed by atoms with E-state index in [4.69, 9.17) is 5.73 Å². The smallest absolute Gasteiger partial charge is 0.0414 e. The third-order valence-electron chi connectivity index (χ3n) is 3.83. The summed E-state index contributed by atoms with van der Waals surface area (Å²) >= 11 is 0. The van der Waals surface area contributed by atoms with Crippen LogP contribution < -0.4 is 5.73 Å². The summed E-state index contributed by atoms with van der Waals surface area (Å²) in [6.07, 6.45) is 6.49. The minimum absolute atomic E-state index is 0.0478. The second-order valence-electron chi connectivity index (χ2n) is 4.87. The molecule has 0 aliphatic heterocycles. The van der Waals surface area contributed by atoms with Gasteiger partial charge in [-0.1, -0.05) is 30.7 Å². The van der Waals surface area contributed by atoms with Crippen LogP contribution in [0, 0.1) is 0 Å². The Hall–Kier alpha value is -0.820. The van der Waals surface area contributed by atoms with Crippen molar-refractivity contribution in [3.8, 4) is 0 Å². The number of nitrogens with two attached hydrogens (primary N) is 1. The Morgan fingerprint density at radius 3 is 2.43 bits per heavy atom. The van der Waals surface area contributed by atoms with E-state index >= 15 is 0 Å². The predicted octanol–water partition coefficient (Wildman–Crippen LogP) is 2.90. The molecule has 2 aliphatic rings. The fraction of sp³-hybridized carbons (Fsp3) is 0.538. The molecule has 0 heterocycles. The highest BCUT2D eigenvalue weighted by Crippen LogP contribution is 2.48. The van der Waals surface area contributed by atoms with Crippen molar-refractivity contribution >= 4 is 0 Å². The molecule has 0 unspecified atom stereocenters. The van der Waals surface area contributed by atoms with Gasteiger partial charge in [-0.2, -0.15) is 0 Å². The fourth-order valence-electron chi connectivity index (χ4n) is 2.43. The van der Waals surface area contributed by atoms with E-state index in [0.29, 0.717) is 0 Å². The molecule has 1 nitrogen and oxygen atoms in total. The summed E-state index contributed by atoms with van der Waals surface area (Å²) in [4.78, 5) is 0. The minimum Gasteiger partial charge on any atom is -0.321 e. The van der Waals surface area contributed by atoms with Gasteiger partial charge in [0.25, 0.3) is 0 Å². The molecule has 0 saturated heterocycles. The molecule has 1 aromatic carbocycles. The molecule has 0 aromatic heterocycles. The van der Waals surface area contributed by atoms with E-state index in [2.05, 4.69) is 24.3 Å². The second-order valence-corrected chi connectivity index (χ2v) is 4.87. The van der Waals surface area contributed by atoms with Crippen LogP contribution in [0.25, 0.3) is 0 Å². The third kappa shape index (κ3) is 1.19. The van der Waals surface area contributed by atoms with Gasteiger partial charge in [0.2, 0.25) is 0 Å². The molecule has 0 amide bonds. The Morgan fingerprint density at radius 1 is 1.14 bits per heavy atom. The van der Waals surface area contributed by atoms with Crippen LogP contribution in [-0.2, 0) is 5.54 Å². The monoisotopic (exact) mass is 187 g/mol. The molecule has 3 rings (SSSR count). The van der Waals surface area contributed by atoms with E-state index in [-0.39, 0.29) is 5.54 Å². The van der Waals surface area contributed by atoms with Gasteiger partial charge in [0, 0.05) is 5.54 Å². The van der Waals surface area contributed by atoms with Crippen molar-refractivity contribution in [2.24, 2.45) is 5.73 Å². The molecule has 2 saturated carbocycles. The van der Waals surface area contributed by atoms with Gasteiger partial charge in [-0.25, -0.2) is 0 Å². The zero-order valence-corrected chi connectivity index (χ0v) is 8.50. The molecule has 2 N–H and O–H groups in total. The lowest BCUT2D eigenvalue weighted by atomic mass is 9.77. The summed E-state index contributed by atoms with van der Waals surface area (Å²) in [7, 11) is 0. The van der Waals surface area contributed by atoms with Gasteiger partial charge in [-0.3, -0.25) is 0 Å². The zero-order chi connectivity index (χ0) is 9.60. The van der Waals surface area contributed by atoms with Crippen LogP contribution in [-0.4, -0.2) is 0 Å². The van der Waals surface area contributed by atoms with E-state index in [9.17, 15) is 0 Å². The average Bonchev–Trinajstić information content (AvgIpc) is 2.83. The third-order valence-corrected chi connectivity index (χ3v) is 3.83. The Labute approximate surface area is 85.3 Å². The van der Waals surface area contributed by atoms with Gasteiger partial charge in [0.05, 0.1) is 0 Å². The van der Waals surface area contributed by atoms with Crippen LogP contribution >= 0.6 is 0 Å². The van der Waals surface area contributed by atoms with Crippen LogP contribution in [0.4, 0.5) is 0 Å². The fourth-order valence-corrected chi connectivity index (χ4v) is 2.43. The normalized spacial score (nSPS) is 24.4. The maximum absolute atomic E-state index is 6.29. The standard InChI is InChI=1S/C13H17N/c14-13(8-9-13)12-7-2-1-6-11(12)10-4-3-5-10/h1-2,6-7,10H,3-5,8-9,14H2. The summed E-state index contributed by atoms with van der Waals surface area (Å²) in [5.41, 5.74) is 9.31. The lowest BCUT2D eigenvalue weighted by molar-refractivity contribution is 0.414.